The van der Waals surface area contributed by atoms with Crippen LogP contribution in [0.3, 0.4) is 0 Å². The highest BCUT2D eigenvalue weighted by Gasteiger charge is 2.17. The fourth-order valence-corrected chi connectivity index (χ4v) is 1.38. The Hall–Kier alpha value is -1.49. The van der Waals surface area contributed by atoms with Crippen LogP contribution in [0.5, 0.6) is 0 Å². The zero-order valence-corrected chi connectivity index (χ0v) is 10.8. The van der Waals surface area contributed by atoms with Gasteiger partial charge in [0.25, 0.3) is 0 Å². The van der Waals surface area contributed by atoms with Gasteiger partial charge < -0.3 is 21.5 Å². The molecular formula is C12H22N4O. The van der Waals surface area contributed by atoms with E-state index in [1.165, 1.54) is 0 Å². The molecule has 1 aromatic heterocycles. The number of anilines is 3. The number of hydrogen-bond acceptors (Lipinski definition) is 5. The monoisotopic (exact) mass is 238 g/mol. The molecule has 0 radical (unpaired) electrons. The van der Waals surface area contributed by atoms with Gasteiger partial charge in [-0.1, -0.05) is 13.8 Å². The summed E-state index contributed by atoms with van der Waals surface area (Å²) in [6.07, 6.45) is 0.987. The van der Waals surface area contributed by atoms with Crippen LogP contribution in [0.2, 0.25) is 0 Å². The number of pyridine rings is 1. The lowest BCUT2D eigenvalue weighted by Gasteiger charge is -2.24. The topological polar surface area (TPSA) is 86.2 Å². The first-order valence-electron chi connectivity index (χ1n) is 5.69. The summed E-state index contributed by atoms with van der Waals surface area (Å²) in [5.74, 6) is 1.12. The minimum Gasteiger partial charge on any atom is -0.396 e. The fraction of sp³-hybridized carbons (Fsp3) is 0.583. The molecular weight excluding hydrogens is 216 g/mol. The van der Waals surface area contributed by atoms with E-state index in [2.05, 4.69) is 24.1 Å². The first-order chi connectivity index (χ1) is 7.94. The Kier molecular flexibility index (Phi) is 4.57. The number of nitrogens with two attached hydrogens (primary N) is 2. The second kappa shape index (κ2) is 5.72. The van der Waals surface area contributed by atoms with Crippen LogP contribution in [0, 0.1) is 5.41 Å². The molecule has 0 aromatic carbocycles. The number of nitrogens with one attached hydrogen (secondary N) is 1. The molecule has 0 fully saturated rings. The maximum atomic E-state index is 5.64. The van der Waals surface area contributed by atoms with Crippen LogP contribution in [0.15, 0.2) is 12.1 Å². The van der Waals surface area contributed by atoms with E-state index in [4.69, 9.17) is 16.2 Å². The molecule has 1 rings (SSSR count). The molecule has 0 amide bonds. The molecule has 5 heteroatoms. The third kappa shape index (κ3) is 4.48. The highest BCUT2D eigenvalue weighted by molar-refractivity contribution is 5.61. The number of rotatable bonds is 6. The van der Waals surface area contributed by atoms with E-state index in [0.717, 1.165) is 25.4 Å². The lowest BCUT2D eigenvalue weighted by molar-refractivity contribution is 0.157. The van der Waals surface area contributed by atoms with Crippen molar-refractivity contribution < 1.29 is 4.74 Å². The first-order valence-corrected chi connectivity index (χ1v) is 5.69. The smallest absolute Gasteiger partial charge is 0.149 e. The number of hydrogen-bond donors (Lipinski definition) is 3. The summed E-state index contributed by atoms with van der Waals surface area (Å²) in [6, 6.07) is 3.59. The molecule has 5 N–H and O–H groups in total. The Labute approximate surface area is 103 Å². The standard InChI is InChI=1S/C12H22N4O/c1-12(2,6-7-17-3)8-15-10-5-4-9(13)11(14)16-10/h4-5H,6-8,13H2,1-3H3,(H3,14,15,16). The first kappa shape index (κ1) is 13.6. The molecule has 0 saturated heterocycles. The molecule has 1 aromatic rings. The molecule has 0 aliphatic heterocycles. The van der Waals surface area contributed by atoms with Crippen molar-refractivity contribution in [1.82, 2.24) is 4.98 Å². The van der Waals surface area contributed by atoms with Gasteiger partial charge in [0.1, 0.15) is 11.6 Å². The second-order valence-electron chi connectivity index (χ2n) is 4.93. The Morgan fingerprint density at radius 2 is 2.06 bits per heavy atom. The Morgan fingerprint density at radius 3 is 2.65 bits per heavy atom. The van der Waals surface area contributed by atoms with Gasteiger partial charge in [0.05, 0.1) is 5.69 Å². The van der Waals surface area contributed by atoms with Gasteiger partial charge in [-0.2, -0.15) is 0 Å². The van der Waals surface area contributed by atoms with E-state index in [-0.39, 0.29) is 5.41 Å². The summed E-state index contributed by atoms with van der Waals surface area (Å²) in [5.41, 5.74) is 11.9. The van der Waals surface area contributed by atoms with Crippen LogP contribution in [-0.4, -0.2) is 25.2 Å². The van der Waals surface area contributed by atoms with Crippen molar-refractivity contribution in [3.63, 3.8) is 0 Å². The molecule has 0 aliphatic rings. The van der Waals surface area contributed by atoms with Crippen LogP contribution in [0.25, 0.3) is 0 Å². The predicted octanol–water partition coefficient (Wildman–Crippen LogP) is 1.72. The van der Waals surface area contributed by atoms with Crippen molar-refractivity contribution in [1.29, 1.82) is 0 Å². The van der Waals surface area contributed by atoms with E-state index in [1.807, 2.05) is 6.07 Å². The lowest BCUT2D eigenvalue weighted by Crippen LogP contribution is -2.25. The summed E-state index contributed by atoms with van der Waals surface area (Å²) >= 11 is 0. The molecule has 0 unspecified atom stereocenters. The second-order valence-corrected chi connectivity index (χ2v) is 4.93. The zero-order valence-electron chi connectivity index (χ0n) is 10.8. The minimum atomic E-state index is 0.147. The Balaban J connectivity index is 2.51. The molecule has 0 spiro atoms. The number of methoxy groups -OCH3 is 1. The van der Waals surface area contributed by atoms with Crippen LogP contribution < -0.4 is 16.8 Å². The third-order valence-electron chi connectivity index (χ3n) is 2.69. The van der Waals surface area contributed by atoms with Crippen LogP contribution in [-0.2, 0) is 4.74 Å². The maximum absolute atomic E-state index is 5.64. The van der Waals surface area contributed by atoms with Gasteiger partial charge >= 0.3 is 0 Å². The summed E-state index contributed by atoms with van der Waals surface area (Å²) in [4.78, 5) is 4.17. The third-order valence-corrected chi connectivity index (χ3v) is 2.69. The Bertz CT molecular complexity index is 366. The van der Waals surface area contributed by atoms with Crippen molar-refractivity contribution in [3.05, 3.63) is 12.1 Å². The Morgan fingerprint density at radius 1 is 1.35 bits per heavy atom. The highest BCUT2D eigenvalue weighted by Crippen LogP contribution is 2.21. The van der Waals surface area contributed by atoms with Crippen LogP contribution in [0.1, 0.15) is 20.3 Å². The molecule has 1 heterocycles. The van der Waals surface area contributed by atoms with Gasteiger partial charge in [0, 0.05) is 20.3 Å². The van der Waals surface area contributed by atoms with Crippen LogP contribution in [0.4, 0.5) is 17.3 Å². The minimum absolute atomic E-state index is 0.147. The molecule has 0 atom stereocenters. The number of nitrogen functional groups attached to an aromatic ring is 2. The van der Waals surface area contributed by atoms with E-state index >= 15 is 0 Å². The molecule has 0 saturated carbocycles. The lowest BCUT2D eigenvalue weighted by atomic mass is 9.90. The van der Waals surface area contributed by atoms with Crippen molar-refractivity contribution in [2.24, 2.45) is 5.41 Å². The zero-order chi connectivity index (χ0) is 12.9. The van der Waals surface area contributed by atoms with Gasteiger partial charge in [-0.15, -0.1) is 0 Å². The summed E-state index contributed by atoms with van der Waals surface area (Å²) in [6.45, 7) is 5.93. The number of aromatic nitrogens is 1. The van der Waals surface area contributed by atoms with Gasteiger partial charge in [0.2, 0.25) is 0 Å². The highest BCUT2D eigenvalue weighted by atomic mass is 16.5. The van der Waals surface area contributed by atoms with E-state index in [0.29, 0.717) is 11.5 Å². The number of nitrogens with zero attached hydrogens (tertiary/aromatic N) is 1. The SMILES string of the molecule is COCCC(C)(C)CNc1ccc(N)c(N)n1. The maximum Gasteiger partial charge on any atom is 0.149 e. The van der Waals surface area contributed by atoms with E-state index < -0.39 is 0 Å². The van der Waals surface area contributed by atoms with Gasteiger partial charge in [-0.25, -0.2) is 4.98 Å². The summed E-state index contributed by atoms with van der Waals surface area (Å²) in [7, 11) is 1.71. The van der Waals surface area contributed by atoms with E-state index in [1.54, 1.807) is 13.2 Å². The molecule has 17 heavy (non-hydrogen) atoms. The van der Waals surface area contributed by atoms with Crippen molar-refractivity contribution in [3.8, 4) is 0 Å². The molecule has 5 nitrogen and oxygen atoms in total. The van der Waals surface area contributed by atoms with Crippen molar-refractivity contribution >= 4 is 17.3 Å². The summed E-state index contributed by atoms with van der Waals surface area (Å²) in [5, 5.41) is 3.26. The predicted molar refractivity (Wildman–Crippen MR) is 71.8 cm³/mol. The average molecular weight is 238 g/mol. The average Bonchev–Trinajstić information content (AvgIpc) is 2.28. The quantitative estimate of drug-likeness (QED) is 0.702. The summed E-state index contributed by atoms with van der Waals surface area (Å²) < 4.78 is 5.08. The van der Waals surface area contributed by atoms with Gasteiger partial charge in [-0.05, 0) is 24.0 Å². The normalized spacial score (nSPS) is 11.5. The van der Waals surface area contributed by atoms with Crippen molar-refractivity contribution in [2.45, 2.75) is 20.3 Å². The largest absolute Gasteiger partial charge is 0.396 e. The van der Waals surface area contributed by atoms with Crippen molar-refractivity contribution in [2.75, 3.05) is 37.0 Å². The van der Waals surface area contributed by atoms with Gasteiger partial charge in [0.15, 0.2) is 0 Å². The van der Waals surface area contributed by atoms with Gasteiger partial charge in [-0.3, -0.25) is 0 Å². The molecule has 0 aliphatic carbocycles. The fourth-order valence-electron chi connectivity index (χ4n) is 1.38. The van der Waals surface area contributed by atoms with E-state index in [9.17, 15) is 0 Å². The molecule has 96 valence electrons. The number of ether oxygens (including phenoxy) is 1. The van der Waals surface area contributed by atoms with Crippen LogP contribution >= 0.6 is 0 Å². The molecule has 0 bridgehead atoms.